The van der Waals surface area contributed by atoms with Crippen LogP contribution in [0.4, 0.5) is 11.5 Å². The highest BCUT2D eigenvalue weighted by Gasteiger charge is 2.17. The molecule has 3 aromatic rings. The summed E-state index contributed by atoms with van der Waals surface area (Å²) in [6.07, 6.45) is 1.79. The highest BCUT2D eigenvalue weighted by molar-refractivity contribution is 7.20. The molecule has 2 aromatic heterocycles. The number of para-hydroxylation sites is 1. The number of nitrogens with zero attached hydrogens (tertiary/aromatic N) is 2. The standard InChI is InChI=1S/C18H18N2O2S/c1-3-20(13-8-6-5-7-9-13)17-14-12-16(18(21)22-4-2)23-15(14)10-11-19-17/h5-12H,3-4H2,1-2H3. The second-order valence-electron chi connectivity index (χ2n) is 4.96. The van der Waals surface area contributed by atoms with E-state index in [0.29, 0.717) is 11.5 Å². The topological polar surface area (TPSA) is 42.4 Å². The minimum atomic E-state index is -0.276. The van der Waals surface area contributed by atoms with E-state index in [0.717, 1.165) is 28.1 Å². The number of hydrogen-bond acceptors (Lipinski definition) is 5. The summed E-state index contributed by atoms with van der Waals surface area (Å²) >= 11 is 1.44. The van der Waals surface area contributed by atoms with Crippen LogP contribution >= 0.6 is 11.3 Å². The van der Waals surface area contributed by atoms with Crippen molar-refractivity contribution >= 4 is 38.9 Å². The van der Waals surface area contributed by atoms with Crippen molar-refractivity contribution < 1.29 is 9.53 Å². The van der Waals surface area contributed by atoms with E-state index in [1.165, 1.54) is 11.3 Å². The Bertz CT molecular complexity index is 814. The third-order valence-electron chi connectivity index (χ3n) is 3.54. The molecular formula is C18H18N2O2S. The summed E-state index contributed by atoms with van der Waals surface area (Å²) in [7, 11) is 0. The number of anilines is 2. The van der Waals surface area contributed by atoms with Crippen LogP contribution in [0.15, 0.2) is 48.7 Å². The van der Waals surface area contributed by atoms with Crippen molar-refractivity contribution in [3.8, 4) is 0 Å². The van der Waals surface area contributed by atoms with Crippen molar-refractivity contribution in [1.82, 2.24) is 4.98 Å². The molecule has 0 spiro atoms. The highest BCUT2D eigenvalue weighted by atomic mass is 32.1. The van der Waals surface area contributed by atoms with Gasteiger partial charge in [-0.3, -0.25) is 0 Å². The van der Waals surface area contributed by atoms with Crippen molar-refractivity contribution in [2.24, 2.45) is 0 Å². The van der Waals surface area contributed by atoms with Crippen LogP contribution in [0.2, 0.25) is 0 Å². The number of rotatable bonds is 5. The largest absolute Gasteiger partial charge is 0.462 e. The molecule has 0 aliphatic rings. The average molecular weight is 326 g/mol. The molecule has 0 aliphatic carbocycles. The number of aromatic nitrogens is 1. The third-order valence-corrected chi connectivity index (χ3v) is 4.62. The maximum Gasteiger partial charge on any atom is 0.348 e. The predicted octanol–water partition coefficient (Wildman–Crippen LogP) is 4.63. The lowest BCUT2D eigenvalue weighted by atomic mass is 10.2. The van der Waals surface area contributed by atoms with Crippen LogP contribution in [-0.4, -0.2) is 24.1 Å². The van der Waals surface area contributed by atoms with Gasteiger partial charge in [-0.2, -0.15) is 0 Å². The van der Waals surface area contributed by atoms with E-state index in [2.05, 4.69) is 28.9 Å². The van der Waals surface area contributed by atoms with Crippen LogP contribution in [0.1, 0.15) is 23.5 Å². The molecule has 4 nitrogen and oxygen atoms in total. The molecule has 2 heterocycles. The molecule has 0 radical (unpaired) electrons. The molecule has 0 saturated carbocycles. The van der Waals surface area contributed by atoms with E-state index in [1.807, 2.05) is 37.3 Å². The maximum atomic E-state index is 12.0. The molecule has 0 saturated heterocycles. The molecule has 0 unspecified atom stereocenters. The summed E-state index contributed by atoms with van der Waals surface area (Å²) in [5.41, 5.74) is 1.08. The van der Waals surface area contributed by atoms with Gasteiger partial charge in [0.1, 0.15) is 10.7 Å². The smallest absolute Gasteiger partial charge is 0.348 e. The first-order valence-electron chi connectivity index (χ1n) is 7.62. The molecule has 0 atom stereocenters. The van der Waals surface area contributed by atoms with Crippen LogP contribution in [0, 0.1) is 0 Å². The zero-order valence-electron chi connectivity index (χ0n) is 13.2. The SMILES string of the molecule is CCOC(=O)c1cc2c(N(CC)c3ccccc3)nccc2s1. The quantitative estimate of drug-likeness (QED) is 0.641. The molecule has 0 fully saturated rings. The van der Waals surface area contributed by atoms with Gasteiger partial charge in [0.25, 0.3) is 0 Å². The van der Waals surface area contributed by atoms with Crippen molar-refractivity contribution in [3.63, 3.8) is 0 Å². The molecular weight excluding hydrogens is 308 g/mol. The Morgan fingerprint density at radius 1 is 1.22 bits per heavy atom. The number of benzene rings is 1. The monoisotopic (exact) mass is 326 g/mol. The summed E-state index contributed by atoms with van der Waals surface area (Å²) in [4.78, 5) is 19.3. The van der Waals surface area contributed by atoms with Crippen molar-refractivity contribution in [2.75, 3.05) is 18.1 Å². The Kier molecular flexibility index (Phi) is 4.57. The van der Waals surface area contributed by atoms with Crippen LogP contribution in [-0.2, 0) is 4.74 Å². The molecule has 1 aromatic carbocycles. The van der Waals surface area contributed by atoms with E-state index < -0.39 is 0 Å². The van der Waals surface area contributed by atoms with Crippen molar-refractivity contribution in [1.29, 1.82) is 0 Å². The Morgan fingerprint density at radius 2 is 2.00 bits per heavy atom. The Morgan fingerprint density at radius 3 is 2.70 bits per heavy atom. The summed E-state index contributed by atoms with van der Waals surface area (Å²) < 4.78 is 6.14. The lowest BCUT2D eigenvalue weighted by molar-refractivity contribution is 0.0532. The van der Waals surface area contributed by atoms with Crippen molar-refractivity contribution in [3.05, 3.63) is 53.5 Å². The van der Waals surface area contributed by atoms with E-state index >= 15 is 0 Å². The van der Waals surface area contributed by atoms with Gasteiger partial charge >= 0.3 is 5.97 Å². The van der Waals surface area contributed by atoms with E-state index in [4.69, 9.17) is 4.74 Å². The Hall–Kier alpha value is -2.40. The van der Waals surface area contributed by atoms with Crippen molar-refractivity contribution in [2.45, 2.75) is 13.8 Å². The van der Waals surface area contributed by atoms with E-state index in [1.54, 1.807) is 6.20 Å². The summed E-state index contributed by atoms with van der Waals surface area (Å²) in [6, 6.07) is 13.9. The van der Waals surface area contributed by atoms with Gasteiger partial charge in [0.15, 0.2) is 0 Å². The third kappa shape index (κ3) is 3.05. The van der Waals surface area contributed by atoms with Gasteiger partial charge in [0.05, 0.1) is 6.61 Å². The Balaban J connectivity index is 2.08. The maximum absolute atomic E-state index is 12.0. The zero-order chi connectivity index (χ0) is 16.2. The number of fused-ring (bicyclic) bond motifs is 1. The minimum Gasteiger partial charge on any atom is -0.462 e. The fraction of sp³-hybridized carbons (Fsp3) is 0.222. The predicted molar refractivity (Wildman–Crippen MR) is 94.7 cm³/mol. The second kappa shape index (κ2) is 6.79. The highest BCUT2D eigenvalue weighted by Crippen LogP contribution is 2.35. The van der Waals surface area contributed by atoms with Gasteiger partial charge in [-0.05, 0) is 38.1 Å². The van der Waals surface area contributed by atoms with Crippen LogP contribution in [0.3, 0.4) is 0 Å². The van der Waals surface area contributed by atoms with Gasteiger partial charge in [-0.1, -0.05) is 18.2 Å². The van der Waals surface area contributed by atoms with Gasteiger partial charge in [-0.25, -0.2) is 9.78 Å². The molecule has 0 bridgehead atoms. The average Bonchev–Trinajstić information content (AvgIpc) is 3.02. The van der Waals surface area contributed by atoms with Gasteiger partial charge in [0.2, 0.25) is 0 Å². The molecule has 118 valence electrons. The normalized spacial score (nSPS) is 10.7. The molecule has 23 heavy (non-hydrogen) atoms. The van der Waals surface area contributed by atoms with Crippen LogP contribution in [0.5, 0.6) is 0 Å². The number of pyridine rings is 1. The van der Waals surface area contributed by atoms with Gasteiger partial charge in [0, 0.05) is 28.5 Å². The lowest BCUT2D eigenvalue weighted by Gasteiger charge is -2.22. The fourth-order valence-electron chi connectivity index (χ4n) is 2.53. The molecule has 5 heteroatoms. The first-order chi connectivity index (χ1) is 11.2. The van der Waals surface area contributed by atoms with Gasteiger partial charge < -0.3 is 9.64 Å². The number of ether oxygens (including phenoxy) is 1. The number of carbonyl (C=O) groups is 1. The molecule has 3 rings (SSSR count). The molecule has 0 amide bonds. The first-order valence-corrected chi connectivity index (χ1v) is 8.44. The van der Waals surface area contributed by atoms with Gasteiger partial charge in [-0.15, -0.1) is 11.3 Å². The Labute approximate surface area is 139 Å². The lowest BCUT2D eigenvalue weighted by Crippen LogP contribution is -2.17. The van der Waals surface area contributed by atoms with Crippen LogP contribution in [0.25, 0.3) is 10.1 Å². The number of carbonyl (C=O) groups excluding carboxylic acids is 1. The number of thiophene rings is 1. The molecule has 0 aliphatic heterocycles. The number of hydrogen-bond donors (Lipinski definition) is 0. The minimum absolute atomic E-state index is 0.276. The van der Waals surface area contributed by atoms with E-state index in [-0.39, 0.29) is 5.97 Å². The summed E-state index contributed by atoms with van der Waals surface area (Å²) in [6.45, 7) is 5.07. The molecule has 0 N–H and O–H groups in total. The summed E-state index contributed by atoms with van der Waals surface area (Å²) in [5, 5.41) is 0.978. The first kappa shape index (κ1) is 15.5. The fourth-order valence-corrected chi connectivity index (χ4v) is 3.47. The zero-order valence-corrected chi connectivity index (χ0v) is 14.0. The second-order valence-corrected chi connectivity index (χ2v) is 6.04. The van der Waals surface area contributed by atoms with Crippen LogP contribution < -0.4 is 4.90 Å². The number of esters is 1. The summed E-state index contributed by atoms with van der Waals surface area (Å²) in [5.74, 6) is 0.588. The van der Waals surface area contributed by atoms with E-state index in [9.17, 15) is 4.79 Å².